The van der Waals surface area contributed by atoms with Crippen molar-refractivity contribution >= 4 is 34.0 Å². The van der Waals surface area contributed by atoms with Crippen LogP contribution in [0.15, 0.2) is 0 Å². The van der Waals surface area contributed by atoms with Crippen LogP contribution < -0.4 is 21.3 Å². The van der Waals surface area contributed by atoms with Crippen molar-refractivity contribution in [2.24, 2.45) is 0 Å². The summed E-state index contributed by atoms with van der Waals surface area (Å²) >= 11 is 0. The number of rotatable bonds is 30. The molecule has 0 aromatic carbocycles. The Morgan fingerprint density at radius 1 is 0.467 bits per heavy atom. The molecule has 4 fully saturated rings. The number of ether oxygens (including phenoxy) is 7. The average molecular weight is 1110 g/mol. The molecule has 14 N–H and O–H groups in total. The Morgan fingerprint density at radius 3 is 1.23 bits per heavy atom. The van der Waals surface area contributed by atoms with Gasteiger partial charge in [0.1, 0.15) is 97.4 Å². The molecule has 4 saturated heterocycles. The van der Waals surface area contributed by atoms with Crippen LogP contribution in [0.1, 0.15) is 118 Å². The van der Waals surface area contributed by atoms with E-state index in [1.54, 1.807) is 0 Å². The smallest absolute Gasteiger partial charge is 0.394 e. The van der Waals surface area contributed by atoms with Crippen LogP contribution in [0.25, 0.3) is 0 Å². The van der Waals surface area contributed by atoms with Gasteiger partial charge < -0.3 is 100 Å². The van der Waals surface area contributed by atoms with E-state index in [9.17, 15) is 78.1 Å². The van der Waals surface area contributed by atoms with Crippen molar-refractivity contribution in [3.05, 3.63) is 0 Å². The molecule has 0 spiro atoms. The maximum absolute atomic E-state index is 13.3. The van der Waals surface area contributed by atoms with Crippen LogP contribution in [0, 0.1) is 0 Å². The SMILES string of the molecule is CCCCCCCCCCCCCCCC(=O)NC1C(OC2C(CO)OC(OC3C(CO)OC(OC4C(COS(=O)(=O)O)OC(O)C(NC(C)=O)C4O)C(NC(C)=O)C3O)C(NC(C)=O)C2O)OC(CO)C(O)C1O. The number of aliphatic hydroxyl groups is 9. The Labute approximate surface area is 436 Å². The molecule has 29 heteroatoms. The van der Waals surface area contributed by atoms with E-state index in [0.29, 0.717) is 6.42 Å². The zero-order valence-corrected chi connectivity index (χ0v) is 43.7. The van der Waals surface area contributed by atoms with Crippen LogP contribution in [-0.2, 0) is 66.9 Å². The highest BCUT2D eigenvalue weighted by molar-refractivity contribution is 7.80. The molecule has 75 heavy (non-hydrogen) atoms. The first kappa shape index (κ1) is 64.6. The molecule has 0 aliphatic carbocycles. The Kier molecular flexibility index (Phi) is 27.3. The number of unbranched alkanes of at least 4 members (excludes halogenated alkanes) is 12. The minimum Gasteiger partial charge on any atom is -0.394 e. The van der Waals surface area contributed by atoms with E-state index in [1.807, 2.05) is 0 Å². The zero-order chi connectivity index (χ0) is 55.6. The van der Waals surface area contributed by atoms with E-state index in [1.165, 1.54) is 44.9 Å². The minimum atomic E-state index is -5.15. The number of aliphatic hydroxyl groups excluding tert-OH is 9. The average Bonchev–Trinajstić information content (AvgIpc) is 3.34. The molecular weight excluding hydrogens is 1020 g/mol. The van der Waals surface area contributed by atoms with E-state index < -0.39 is 183 Å². The van der Waals surface area contributed by atoms with Crippen LogP contribution in [-0.4, -0.2) is 232 Å². The monoisotopic (exact) mass is 1110 g/mol. The second-order valence-electron chi connectivity index (χ2n) is 19.5. The lowest BCUT2D eigenvalue weighted by atomic mass is 9.93. The van der Waals surface area contributed by atoms with E-state index in [0.717, 1.165) is 52.9 Å². The Morgan fingerprint density at radius 2 is 0.827 bits per heavy atom. The molecule has 436 valence electrons. The van der Waals surface area contributed by atoms with Gasteiger partial charge in [0.15, 0.2) is 25.2 Å². The standard InChI is InChI=1S/C46H82N4O24S/c1-5-6-7-8-9-10-11-12-13-14-15-16-17-18-30(57)50-32-36(59)35(58)26(19-51)69-44(32)72-40-27(20-52)70-45(33(38(40)61)48-24(3)55)73-41-28(21-53)71-46(34(39(41)62)49-25(4)56)74-42-29(22-67-75(64,65)66)68-43(63)31(37(42)60)47-23(2)54/h26-29,31-46,51-53,58-63H,5-22H2,1-4H3,(H,47,54)(H,48,55)(H,49,56)(H,50,57)(H,64,65,66). The van der Waals surface area contributed by atoms with Gasteiger partial charge in [0, 0.05) is 27.2 Å². The molecule has 0 aromatic rings. The summed E-state index contributed by atoms with van der Waals surface area (Å²) in [4.78, 5) is 50.5. The lowest BCUT2D eigenvalue weighted by Gasteiger charge is -2.51. The van der Waals surface area contributed by atoms with Gasteiger partial charge in [-0.25, -0.2) is 4.18 Å². The third-order valence-electron chi connectivity index (χ3n) is 13.5. The highest BCUT2D eigenvalue weighted by Gasteiger charge is 2.56. The molecule has 4 amide bonds. The summed E-state index contributed by atoms with van der Waals surface area (Å²) < 4.78 is 77.9. The molecule has 4 heterocycles. The minimum absolute atomic E-state index is 0.0409. The number of carbonyl (C=O) groups is 4. The Balaban J connectivity index is 1.49. The fourth-order valence-electron chi connectivity index (χ4n) is 9.64. The third kappa shape index (κ3) is 19.5. The molecule has 0 saturated carbocycles. The fraction of sp³-hybridized carbons (Fsp3) is 0.913. The summed E-state index contributed by atoms with van der Waals surface area (Å²) in [5, 5.41) is 109. The predicted molar refractivity (Wildman–Crippen MR) is 255 cm³/mol. The lowest BCUT2D eigenvalue weighted by molar-refractivity contribution is -0.361. The van der Waals surface area contributed by atoms with E-state index in [2.05, 4.69) is 32.4 Å². The fourth-order valence-corrected chi connectivity index (χ4v) is 9.94. The largest absolute Gasteiger partial charge is 0.397 e. The van der Waals surface area contributed by atoms with Crippen LogP contribution >= 0.6 is 0 Å². The molecule has 0 aromatic heterocycles. The van der Waals surface area contributed by atoms with Gasteiger partial charge in [-0.05, 0) is 6.42 Å². The molecule has 0 bridgehead atoms. The van der Waals surface area contributed by atoms with Gasteiger partial charge in [-0.1, -0.05) is 84.0 Å². The predicted octanol–water partition coefficient (Wildman–Crippen LogP) is -3.89. The van der Waals surface area contributed by atoms with Crippen molar-refractivity contribution in [3.8, 4) is 0 Å². The summed E-state index contributed by atoms with van der Waals surface area (Å²) in [6.45, 7) is 1.43. The molecule has 20 unspecified atom stereocenters. The van der Waals surface area contributed by atoms with Crippen LogP contribution in [0.5, 0.6) is 0 Å². The van der Waals surface area contributed by atoms with Crippen LogP contribution in [0.3, 0.4) is 0 Å². The highest BCUT2D eigenvalue weighted by Crippen LogP contribution is 2.35. The number of nitrogens with one attached hydrogen (secondary N) is 4. The summed E-state index contributed by atoms with van der Waals surface area (Å²) in [5.41, 5.74) is 0. The maximum atomic E-state index is 13.3. The topological polar surface area (TPSA) is 427 Å². The Hall–Kier alpha value is -2.89. The van der Waals surface area contributed by atoms with Gasteiger partial charge in [-0.15, -0.1) is 0 Å². The van der Waals surface area contributed by atoms with Crippen molar-refractivity contribution in [2.75, 3.05) is 26.4 Å². The summed E-state index contributed by atoms with van der Waals surface area (Å²) in [7, 11) is -5.15. The second kappa shape index (κ2) is 31.6. The summed E-state index contributed by atoms with van der Waals surface area (Å²) in [6.07, 6.45) is -14.6. The molecule has 0 radical (unpaired) electrons. The quantitative estimate of drug-likeness (QED) is 0.0242. The normalized spacial score (nSPS) is 36.3. The van der Waals surface area contributed by atoms with Gasteiger partial charge >= 0.3 is 10.4 Å². The lowest BCUT2D eigenvalue weighted by Crippen LogP contribution is -2.71. The molecule has 4 aliphatic heterocycles. The zero-order valence-electron chi connectivity index (χ0n) is 42.9. The number of carbonyl (C=O) groups excluding carboxylic acids is 4. The Bertz CT molecular complexity index is 1860. The van der Waals surface area contributed by atoms with Crippen molar-refractivity contribution < 1.29 is 115 Å². The number of amides is 4. The summed E-state index contributed by atoms with van der Waals surface area (Å²) in [5.74, 6) is -2.90. The van der Waals surface area contributed by atoms with Gasteiger partial charge in [0.2, 0.25) is 23.6 Å². The first-order valence-electron chi connectivity index (χ1n) is 25.8. The van der Waals surface area contributed by atoms with Gasteiger partial charge in [0.05, 0.1) is 26.4 Å². The van der Waals surface area contributed by atoms with Crippen molar-refractivity contribution in [1.29, 1.82) is 0 Å². The van der Waals surface area contributed by atoms with Crippen molar-refractivity contribution in [2.45, 2.75) is 240 Å². The van der Waals surface area contributed by atoms with Gasteiger partial charge in [0.25, 0.3) is 0 Å². The number of hydrogen-bond donors (Lipinski definition) is 14. The van der Waals surface area contributed by atoms with Gasteiger partial charge in [-0.2, -0.15) is 8.42 Å². The first-order valence-corrected chi connectivity index (χ1v) is 27.1. The first-order chi connectivity index (χ1) is 35.5. The number of hydrogen-bond acceptors (Lipinski definition) is 23. The maximum Gasteiger partial charge on any atom is 0.397 e. The molecular formula is C46H82N4O24S. The van der Waals surface area contributed by atoms with Crippen molar-refractivity contribution in [3.63, 3.8) is 0 Å². The molecule has 4 aliphatic rings. The van der Waals surface area contributed by atoms with Crippen LogP contribution in [0.2, 0.25) is 0 Å². The van der Waals surface area contributed by atoms with Crippen molar-refractivity contribution in [1.82, 2.24) is 21.3 Å². The molecule has 20 atom stereocenters. The molecule has 4 rings (SSSR count). The van der Waals surface area contributed by atoms with E-state index in [-0.39, 0.29) is 6.42 Å². The summed E-state index contributed by atoms with van der Waals surface area (Å²) in [6, 6.07) is -6.57. The van der Waals surface area contributed by atoms with Crippen LogP contribution in [0.4, 0.5) is 0 Å². The van der Waals surface area contributed by atoms with E-state index in [4.69, 9.17) is 33.2 Å². The van der Waals surface area contributed by atoms with E-state index >= 15 is 0 Å². The van der Waals surface area contributed by atoms with Gasteiger partial charge in [-0.3, -0.25) is 23.7 Å². The highest BCUT2D eigenvalue weighted by atomic mass is 32.3. The molecule has 28 nitrogen and oxygen atoms in total. The third-order valence-corrected chi connectivity index (χ3v) is 13.9. The second-order valence-corrected chi connectivity index (χ2v) is 20.6.